The molecule has 0 saturated carbocycles. The maximum atomic E-state index is 12.3. The second kappa shape index (κ2) is 11.4. The predicted octanol–water partition coefficient (Wildman–Crippen LogP) is 3.62. The molecule has 0 saturated heterocycles. The minimum atomic E-state index is -0.165. The Balaban J connectivity index is 3.00. The van der Waals surface area contributed by atoms with Crippen molar-refractivity contribution in [2.45, 2.75) is 20.3 Å². The zero-order valence-electron chi connectivity index (χ0n) is 15.6. The molecule has 1 rings (SSSR count). The first kappa shape index (κ1) is 20.8. The van der Waals surface area contributed by atoms with Crippen molar-refractivity contribution in [3.05, 3.63) is 78.1 Å². The summed E-state index contributed by atoms with van der Waals surface area (Å²) in [5, 5.41) is 2.83. The Morgan fingerprint density at radius 3 is 2.69 bits per heavy atom. The SMILES string of the molecule is C=CC(=C\C=NC)/C(=C/C)/N=C(/C=C/C)NC(=O)Cc1cccc(N)c1. The third kappa shape index (κ3) is 7.13. The Kier molecular flexibility index (Phi) is 9.10. The highest BCUT2D eigenvalue weighted by molar-refractivity contribution is 6.05. The Bertz CT molecular complexity index is 783. The van der Waals surface area contributed by atoms with Crippen LogP contribution in [0.25, 0.3) is 0 Å². The van der Waals surface area contributed by atoms with Crippen molar-refractivity contribution < 1.29 is 4.79 Å². The number of nitrogens with zero attached hydrogens (tertiary/aromatic N) is 2. The van der Waals surface area contributed by atoms with Gasteiger partial charge in [0.25, 0.3) is 0 Å². The molecule has 5 heteroatoms. The molecule has 0 heterocycles. The minimum absolute atomic E-state index is 0.165. The molecule has 0 fully saturated rings. The molecule has 0 spiro atoms. The molecule has 136 valence electrons. The third-order valence-corrected chi connectivity index (χ3v) is 3.34. The largest absolute Gasteiger partial charge is 0.399 e. The molecule has 26 heavy (non-hydrogen) atoms. The van der Waals surface area contributed by atoms with E-state index in [0.29, 0.717) is 17.2 Å². The van der Waals surface area contributed by atoms with Gasteiger partial charge in [-0.05, 0) is 43.7 Å². The number of nitrogen functional groups attached to an aromatic ring is 1. The monoisotopic (exact) mass is 350 g/mol. The van der Waals surface area contributed by atoms with Crippen molar-refractivity contribution >= 4 is 23.6 Å². The molecule has 0 unspecified atom stereocenters. The van der Waals surface area contributed by atoms with Gasteiger partial charge in [-0.25, -0.2) is 4.99 Å². The molecule has 1 aromatic rings. The lowest BCUT2D eigenvalue weighted by Crippen LogP contribution is -2.30. The summed E-state index contributed by atoms with van der Waals surface area (Å²) in [6.45, 7) is 7.54. The van der Waals surface area contributed by atoms with Crippen LogP contribution in [-0.2, 0) is 11.2 Å². The standard InChI is InChI=1S/C21H26N4O/c1-5-9-20(24-19(7-3)17(6-2)12-13-23-4)25-21(26)15-16-10-8-11-18(22)14-16/h5-14H,2,15,22H2,1,3-4H3,(H,24,25,26)/b9-5+,17-12+,19-7-,23-13?. The molecule has 3 N–H and O–H groups in total. The molecule has 1 amide bonds. The summed E-state index contributed by atoms with van der Waals surface area (Å²) in [5.41, 5.74) is 8.74. The van der Waals surface area contributed by atoms with Crippen LogP contribution in [0.1, 0.15) is 19.4 Å². The smallest absolute Gasteiger partial charge is 0.229 e. The summed E-state index contributed by atoms with van der Waals surface area (Å²) in [6.07, 6.45) is 10.8. The molecule has 0 aliphatic carbocycles. The molecular weight excluding hydrogens is 324 g/mol. The van der Waals surface area contributed by atoms with Crippen molar-refractivity contribution in [2.75, 3.05) is 12.8 Å². The number of hydrogen-bond donors (Lipinski definition) is 2. The fraction of sp³-hybridized carbons (Fsp3) is 0.190. The number of anilines is 1. The van der Waals surface area contributed by atoms with Gasteiger partial charge in [0.05, 0.1) is 12.1 Å². The van der Waals surface area contributed by atoms with Gasteiger partial charge < -0.3 is 11.1 Å². The van der Waals surface area contributed by atoms with Gasteiger partial charge in [-0.2, -0.15) is 0 Å². The number of carbonyl (C=O) groups excluding carboxylic acids is 1. The number of rotatable bonds is 7. The summed E-state index contributed by atoms with van der Waals surface area (Å²) in [6, 6.07) is 7.26. The highest BCUT2D eigenvalue weighted by Crippen LogP contribution is 2.13. The van der Waals surface area contributed by atoms with Crippen LogP contribution in [0.4, 0.5) is 5.69 Å². The van der Waals surface area contributed by atoms with E-state index in [1.807, 2.05) is 44.2 Å². The second-order valence-electron chi connectivity index (χ2n) is 5.37. The summed E-state index contributed by atoms with van der Waals surface area (Å²) < 4.78 is 0. The van der Waals surface area contributed by atoms with Crippen molar-refractivity contribution in [1.82, 2.24) is 5.32 Å². The number of carbonyl (C=O) groups is 1. The summed E-state index contributed by atoms with van der Waals surface area (Å²) in [7, 11) is 1.69. The Hall–Kier alpha value is -3.21. The minimum Gasteiger partial charge on any atom is -0.399 e. The van der Waals surface area contributed by atoms with Crippen LogP contribution in [0.5, 0.6) is 0 Å². The van der Waals surface area contributed by atoms with E-state index in [-0.39, 0.29) is 12.3 Å². The summed E-state index contributed by atoms with van der Waals surface area (Å²) in [5.74, 6) is 0.290. The highest BCUT2D eigenvalue weighted by atomic mass is 16.1. The average molecular weight is 350 g/mol. The zero-order chi connectivity index (χ0) is 19.4. The number of nitrogens with one attached hydrogen (secondary N) is 1. The van der Waals surface area contributed by atoms with E-state index in [0.717, 1.165) is 11.1 Å². The summed E-state index contributed by atoms with van der Waals surface area (Å²) >= 11 is 0. The number of nitrogens with two attached hydrogens (primary N) is 1. The van der Waals surface area contributed by atoms with Gasteiger partial charge in [-0.3, -0.25) is 9.79 Å². The van der Waals surface area contributed by atoms with Crippen molar-refractivity contribution in [3.8, 4) is 0 Å². The third-order valence-electron chi connectivity index (χ3n) is 3.34. The van der Waals surface area contributed by atoms with Crippen LogP contribution >= 0.6 is 0 Å². The van der Waals surface area contributed by atoms with Crippen LogP contribution in [0.2, 0.25) is 0 Å². The molecule has 1 aromatic carbocycles. The second-order valence-corrected chi connectivity index (χ2v) is 5.37. The number of allylic oxidation sites excluding steroid dienone is 4. The summed E-state index contributed by atoms with van der Waals surface area (Å²) in [4.78, 5) is 20.8. The molecular formula is C21H26N4O. The van der Waals surface area contributed by atoms with E-state index in [4.69, 9.17) is 5.73 Å². The molecule has 0 atom stereocenters. The number of amides is 1. The van der Waals surface area contributed by atoms with Gasteiger partial charge in [0.15, 0.2) is 0 Å². The lowest BCUT2D eigenvalue weighted by atomic mass is 10.1. The van der Waals surface area contributed by atoms with Crippen molar-refractivity contribution in [1.29, 1.82) is 0 Å². The van der Waals surface area contributed by atoms with E-state index in [1.54, 1.807) is 37.5 Å². The van der Waals surface area contributed by atoms with Gasteiger partial charge in [-0.15, -0.1) is 0 Å². The van der Waals surface area contributed by atoms with Gasteiger partial charge >= 0.3 is 0 Å². The van der Waals surface area contributed by atoms with Gasteiger partial charge in [0, 0.05) is 24.5 Å². The van der Waals surface area contributed by atoms with E-state index in [2.05, 4.69) is 21.9 Å². The molecule has 0 bridgehead atoms. The number of hydrogen-bond acceptors (Lipinski definition) is 4. The number of aliphatic imine (C=N–C) groups is 2. The Labute approximate surface area is 155 Å². The van der Waals surface area contributed by atoms with E-state index < -0.39 is 0 Å². The quantitative estimate of drug-likeness (QED) is 0.341. The number of benzene rings is 1. The Morgan fingerprint density at radius 1 is 1.35 bits per heavy atom. The average Bonchev–Trinajstić information content (AvgIpc) is 2.61. The molecule has 0 aliphatic heterocycles. The molecule has 0 aliphatic rings. The Morgan fingerprint density at radius 2 is 2.12 bits per heavy atom. The van der Waals surface area contributed by atoms with Crippen LogP contribution in [0.3, 0.4) is 0 Å². The molecule has 0 aromatic heterocycles. The maximum absolute atomic E-state index is 12.3. The predicted molar refractivity (Wildman–Crippen MR) is 111 cm³/mol. The van der Waals surface area contributed by atoms with Crippen LogP contribution < -0.4 is 11.1 Å². The first-order chi connectivity index (χ1) is 12.5. The van der Waals surface area contributed by atoms with Crippen LogP contribution in [0, 0.1) is 0 Å². The fourth-order valence-corrected chi connectivity index (χ4v) is 2.18. The lowest BCUT2D eigenvalue weighted by molar-refractivity contribution is -0.119. The van der Waals surface area contributed by atoms with Gasteiger partial charge in [0.2, 0.25) is 5.91 Å². The first-order valence-corrected chi connectivity index (χ1v) is 8.31. The van der Waals surface area contributed by atoms with E-state index >= 15 is 0 Å². The zero-order valence-corrected chi connectivity index (χ0v) is 15.6. The topological polar surface area (TPSA) is 79.8 Å². The molecule has 0 radical (unpaired) electrons. The normalized spacial score (nSPS) is 13.4. The fourth-order valence-electron chi connectivity index (χ4n) is 2.18. The molecule has 5 nitrogen and oxygen atoms in total. The maximum Gasteiger partial charge on any atom is 0.229 e. The van der Waals surface area contributed by atoms with Crippen LogP contribution in [0.15, 0.2) is 82.5 Å². The number of amidine groups is 1. The van der Waals surface area contributed by atoms with Crippen molar-refractivity contribution in [3.63, 3.8) is 0 Å². The lowest BCUT2D eigenvalue weighted by Gasteiger charge is -2.08. The van der Waals surface area contributed by atoms with E-state index in [1.165, 1.54) is 0 Å². The van der Waals surface area contributed by atoms with Crippen LogP contribution in [-0.4, -0.2) is 25.0 Å². The van der Waals surface area contributed by atoms with Crippen molar-refractivity contribution in [2.24, 2.45) is 9.98 Å². The van der Waals surface area contributed by atoms with Gasteiger partial charge in [0.1, 0.15) is 5.84 Å². The van der Waals surface area contributed by atoms with E-state index in [9.17, 15) is 4.79 Å². The van der Waals surface area contributed by atoms with Gasteiger partial charge in [-0.1, -0.05) is 36.9 Å². The highest BCUT2D eigenvalue weighted by Gasteiger charge is 2.07. The first-order valence-electron chi connectivity index (χ1n) is 8.31.